The summed E-state index contributed by atoms with van der Waals surface area (Å²) in [6, 6.07) is 7.72. The van der Waals surface area contributed by atoms with E-state index in [1.807, 2.05) is 6.92 Å². The van der Waals surface area contributed by atoms with Gasteiger partial charge in [0.2, 0.25) is 0 Å². The van der Waals surface area contributed by atoms with E-state index in [4.69, 9.17) is 0 Å². The number of amides is 1. The Morgan fingerprint density at radius 1 is 1.10 bits per heavy atom. The summed E-state index contributed by atoms with van der Waals surface area (Å²) in [7, 11) is 0. The van der Waals surface area contributed by atoms with Gasteiger partial charge in [-0.2, -0.15) is 0 Å². The Morgan fingerprint density at radius 2 is 1.81 bits per heavy atom. The minimum Gasteiger partial charge on any atom is -0.385 e. The number of halogens is 3. The fourth-order valence-corrected chi connectivity index (χ4v) is 1.86. The molecule has 0 saturated heterocycles. The zero-order chi connectivity index (χ0) is 15.4. The predicted octanol–water partition coefficient (Wildman–Crippen LogP) is 3.79. The van der Waals surface area contributed by atoms with Crippen molar-refractivity contribution in [2.24, 2.45) is 0 Å². The van der Waals surface area contributed by atoms with E-state index in [1.165, 1.54) is 6.07 Å². The molecule has 0 aliphatic heterocycles. The topological polar surface area (TPSA) is 41.1 Å². The molecule has 0 aliphatic carbocycles. The van der Waals surface area contributed by atoms with Crippen molar-refractivity contribution in [3.8, 4) is 0 Å². The summed E-state index contributed by atoms with van der Waals surface area (Å²) in [4.78, 5) is 12.1. The highest BCUT2D eigenvalue weighted by molar-refractivity contribution is 6.08. The van der Waals surface area contributed by atoms with Gasteiger partial charge < -0.3 is 10.6 Å². The van der Waals surface area contributed by atoms with Crippen LogP contribution < -0.4 is 10.6 Å². The summed E-state index contributed by atoms with van der Waals surface area (Å²) in [5, 5.41) is 5.15. The van der Waals surface area contributed by atoms with Crippen LogP contribution in [0.5, 0.6) is 0 Å². The summed E-state index contributed by atoms with van der Waals surface area (Å²) in [5.74, 6) is -4.28. The predicted molar refractivity (Wildman–Crippen MR) is 74.9 cm³/mol. The molecule has 0 aromatic heterocycles. The van der Waals surface area contributed by atoms with E-state index in [1.54, 1.807) is 18.2 Å². The first kappa shape index (κ1) is 14.9. The van der Waals surface area contributed by atoms with Crippen LogP contribution in [0.1, 0.15) is 17.3 Å². The quantitative estimate of drug-likeness (QED) is 0.842. The number of hydrogen-bond donors (Lipinski definition) is 2. The monoisotopic (exact) mass is 294 g/mol. The Hall–Kier alpha value is -2.50. The van der Waals surface area contributed by atoms with E-state index < -0.39 is 29.0 Å². The van der Waals surface area contributed by atoms with Gasteiger partial charge in [0.25, 0.3) is 5.91 Å². The van der Waals surface area contributed by atoms with Crippen molar-refractivity contribution in [2.75, 3.05) is 17.2 Å². The molecule has 0 unspecified atom stereocenters. The summed E-state index contributed by atoms with van der Waals surface area (Å²) in [6.07, 6.45) is 0. The fraction of sp³-hybridized carbons (Fsp3) is 0.133. The highest BCUT2D eigenvalue weighted by Gasteiger charge is 2.16. The molecule has 0 heterocycles. The molecule has 0 aliphatic rings. The Bertz CT molecular complexity index is 674. The van der Waals surface area contributed by atoms with E-state index >= 15 is 0 Å². The van der Waals surface area contributed by atoms with Gasteiger partial charge in [0, 0.05) is 24.4 Å². The second-order valence-corrected chi connectivity index (χ2v) is 4.28. The highest BCUT2D eigenvalue weighted by atomic mass is 19.2. The van der Waals surface area contributed by atoms with Crippen LogP contribution in [0.3, 0.4) is 0 Å². The first-order valence-electron chi connectivity index (χ1n) is 6.31. The van der Waals surface area contributed by atoms with Crippen LogP contribution in [0.25, 0.3) is 0 Å². The minimum absolute atomic E-state index is 0.253. The normalized spacial score (nSPS) is 10.3. The van der Waals surface area contributed by atoms with Crippen LogP contribution in [-0.2, 0) is 0 Å². The van der Waals surface area contributed by atoms with Gasteiger partial charge in [0.1, 0.15) is 5.82 Å². The largest absolute Gasteiger partial charge is 0.385 e. The molecular weight excluding hydrogens is 281 g/mol. The van der Waals surface area contributed by atoms with E-state index in [0.29, 0.717) is 18.3 Å². The molecule has 3 nitrogen and oxygen atoms in total. The standard InChI is InChI=1S/C15H13F3N2O/c1-2-19-12-6-4-3-5-10(12)15(21)20-13-8-9(16)7-11(17)14(13)18/h3-8,19H,2H2,1H3,(H,20,21). The van der Waals surface area contributed by atoms with Gasteiger partial charge in [0.15, 0.2) is 11.6 Å². The SMILES string of the molecule is CCNc1ccccc1C(=O)Nc1cc(F)cc(F)c1F. The average Bonchev–Trinajstić information content (AvgIpc) is 2.45. The van der Waals surface area contributed by atoms with Gasteiger partial charge in [0.05, 0.1) is 11.3 Å². The maximum atomic E-state index is 13.5. The van der Waals surface area contributed by atoms with Gasteiger partial charge >= 0.3 is 0 Å². The minimum atomic E-state index is -1.36. The molecule has 0 fully saturated rings. The maximum absolute atomic E-state index is 13.5. The molecule has 2 aromatic rings. The second-order valence-electron chi connectivity index (χ2n) is 4.28. The molecule has 2 N–H and O–H groups in total. The summed E-state index contributed by atoms with van der Waals surface area (Å²) < 4.78 is 39.7. The fourth-order valence-electron chi connectivity index (χ4n) is 1.86. The number of anilines is 2. The molecule has 0 saturated carbocycles. The number of rotatable bonds is 4. The smallest absolute Gasteiger partial charge is 0.257 e. The van der Waals surface area contributed by atoms with E-state index in [0.717, 1.165) is 6.07 Å². The number of para-hydroxylation sites is 1. The van der Waals surface area contributed by atoms with Gasteiger partial charge in [-0.3, -0.25) is 4.79 Å². The van der Waals surface area contributed by atoms with Crippen molar-refractivity contribution < 1.29 is 18.0 Å². The number of hydrogen-bond acceptors (Lipinski definition) is 2. The third kappa shape index (κ3) is 3.34. The van der Waals surface area contributed by atoms with Crippen LogP contribution in [0.2, 0.25) is 0 Å². The van der Waals surface area contributed by atoms with E-state index in [-0.39, 0.29) is 5.56 Å². The van der Waals surface area contributed by atoms with Crippen LogP contribution >= 0.6 is 0 Å². The van der Waals surface area contributed by atoms with Gasteiger partial charge in [-0.25, -0.2) is 13.2 Å². The molecule has 6 heteroatoms. The lowest BCUT2D eigenvalue weighted by atomic mass is 10.1. The molecule has 0 atom stereocenters. The lowest BCUT2D eigenvalue weighted by Gasteiger charge is -2.11. The molecule has 2 rings (SSSR count). The zero-order valence-corrected chi connectivity index (χ0v) is 11.2. The van der Waals surface area contributed by atoms with Crippen molar-refractivity contribution in [2.45, 2.75) is 6.92 Å². The van der Waals surface area contributed by atoms with Crippen molar-refractivity contribution >= 4 is 17.3 Å². The van der Waals surface area contributed by atoms with Crippen LogP contribution in [-0.4, -0.2) is 12.5 Å². The lowest BCUT2D eigenvalue weighted by molar-refractivity contribution is 0.102. The van der Waals surface area contributed by atoms with Gasteiger partial charge in [-0.05, 0) is 19.1 Å². The van der Waals surface area contributed by atoms with E-state index in [9.17, 15) is 18.0 Å². The Labute approximate surface area is 119 Å². The first-order chi connectivity index (χ1) is 10.0. The van der Waals surface area contributed by atoms with Gasteiger partial charge in [-0.15, -0.1) is 0 Å². The first-order valence-corrected chi connectivity index (χ1v) is 6.31. The second kappa shape index (κ2) is 6.30. The molecule has 2 aromatic carbocycles. The van der Waals surface area contributed by atoms with E-state index in [2.05, 4.69) is 10.6 Å². The average molecular weight is 294 g/mol. The zero-order valence-electron chi connectivity index (χ0n) is 11.2. The number of nitrogens with one attached hydrogen (secondary N) is 2. The molecule has 0 spiro atoms. The Morgan fingerprint density at radius 3 is 2.52 bits per heavy atom. The molecule has 0 bridgehead atoms. The summed E-state index contributed by atoms with van der Waals surface area (Å²) >= 11 is 0. The molecule has 0 radical (unpaired) electrons. The summed E-state index contributed by atoms with van der Waals surface area (Å²) in [5.41, 5.74) is 0.266. The number of carbonyl (C=O) groups is 1. The maximum Gasteiger partial charge on any atom is 0.257 e. The lowest BCUT2D eigenvalue weighted by Crippen LogP contribution is -2.16. The molecular formula is C15H13F3N2O. The molecule has 110 valence electrons. The number of benzene rings is 2. The molecule has 1 amide bonds. The van der Waals surface area contributed by atoms with Crippen LogP contribution in [0, 0.1) is 17.5 Å². The van der Waals surface area contributed by atoms with Crippen molar-refractivity contribution in [3.05, 3.63) is 59.4 Å². The van der Waals surface area contributed by atoms with Crippen molar-refractivity contribution in [3.63, 3.8) is 0 Å². The third-order valence-corrected chi connectivity index (χ3v) is 2.78. The Balaban J connectivity index is 2.31. The highest BCUT2D eigenvalue weighted by Crippen LogP contribution is 2.22. The molecule has 21 heavy (non-hydrogen) atoms. The number of carbonyl (C=O) groups excluding carboxylic acids is 1. The van der Waals surface area contributed by atoms with Crippen molar-refractivity contribution in [1.29, 1.82) is 0 Å². The van der Waals surface area contributed by atoms with Crippen LogP contribution in [0.4, 0.5) is 24.5 Å². The van der Waals surface area contributed by atoms with Crippen LogP contribution in [0.15, 0.2) is 36.4 Å². The third-order valence-electron chi connectivity index (χ3n) is 2.78. The van der Waals surface area contributed by atoms with Gasteiger partial charge in [-0.1, -0.05) is 12.1 Å². The Kier molecular flexibility index (Phi) is 4.47. The van der Waals surface area contributed by atoms with Crippen molar-refractivity contribution in [1.82, 2.24) is 0 Å². The summed E-state index contributed by atoms with van der Waals surface area (Å²) in [6.45, 7) is 2.45.